The molecule has 1 fully saturated rings. The maximum atomic E-state index is 5.78. The fraction of sp³-hybridized carbons (Fsp3) is 0.750. The van der Waals surface area contributed by atoms with E-state index >= 15 is 0 Å². The van der Waals surface area contributed by atoms with Gasteiger partial charge in [-0.25, -0.2) is 9.97 Å². The Morgan fingerprint density at radius 3 is 2.63 bits per heavy atom. The van der Waals surface area contributed by atoms with Gasteiger partial charge in [-0.05, 0) is 50.1 Å². The van der Waals surface area contributed by atoms with Gasteiger partial charge in [-0.15, -0.1) is 0 Å². The Hall–Kier alpha value is -0.960. The van der Waals surface area contributed by atoms with Gasteiger partial charge < -0.3 is 5.73 Å². The van der Waals surface area contributed by atoms with E-state index in [1.807, 2.05) is 0 Å². The molecule has 0 amide bonds. The Morgan fingerprint density at radius 2 is 1.89 bits per heavy atom. The van der Waals surface area contributed by atoms with Gasteiger partial charge in [0.25, 0.3) is 0 Å². The van der Waals surface area contributed by atoms with Gasteiger partial charge in [0.2, 0.25) is 0 Å². The molecule has 104 valence electrons. The lowest BCUT2D eigenvalue weighted by atomic mass is 9.87. The quantitative estimate of drug-likeness (QED) is 0.831. The van der Waals surface area contributed by atoms with E-state index in [1.54, 1.807) is 0 Å². The second kappa shape index (κ2) is 6.00. The van der Waals surface area contributed by atoms with Crippen LogP contribution in [0.15, 0.2) is 6.20 Å². The lowest BCUT2D eigenvalue weighted by Crippen LogP contribution is -2.23. The number of nitrogens with two attached hydrogens (primary N) is 1. The second-order valence-electron chi connectivity index (χ2n) is 6.23. The van der Waals surface area contributed by atoms with Crippen LogP contribution in [0.3, 0.4) is 0 Å². The third-order valence-corrected chi connectivity index (χ3v) is 4.82. The molecule has 0 saturated heterocycles. The molecular formula is C16H25N3. The predicted octanol–water partition coefficient (Wildman–Crippen LogP) is 2.98. The van der Waals surface area contributed by atoms with Crippen LogP contribution in [0, 0.1) is 5.92 Å². The van der Waals surface area contributed by atoms with Gasteiger partial charge >= 0.3 is 0 Å². The normalized spacial score (nSPS) is 24.8. The number of rotatable bonds is 2. The zero-order valence-electron chi connectivity index (χ0n) is 11.8. The van der Waals surface area contributed by atoms with Gasteiger partial charge in [0.05, 0.1) is 0 Å². The van der Waals surface area contributed by atoms with E-state index in [0.29, 0.717) is 11.8 Å². The first-order chi connectivity index (χ1) is 9.36. The summed E-state index contributed by atoms with van der Waals surface area (Å²) in [4.78, 5) is 9.57. The van der Waals surface area contributed by atoms with Crippen LogP contribution in [-0.2, 0) is 12.8 Å². The van der Waals surface area contributed by atoms with Crippen molar-refractivity contribution in [2.45, 2.75) is 63.7 Å². The highest BCUT2D eigenvalue weighted by atomic mass is 14.9. The smallest absolute Gasteiger partial charge is 0.131 e. The molecule has 3 nitrogen and oxygen atoms in total. The number of hydrogen-bond donors (Lipinski definition) is 1. The summed E-state index contributed by atoms with van der Waals surface area (Å²) in [5.74, 6) is 2.37. The number of aryl methyl sites for hydroxylation is 1. The standard InChI is InChI=1S/C16H25N3/c17-10-12-7-8-15-14(9-12)11-18-16(19-15)13-5-3-1-2-4-6-13/h11-13H,1-10,17H2. The number of fused-ring (bicyclic) bond motifs is 1. The van der Waals surface area contributed by atoms with E-state index in [1.165, 1.54) is 56.2 Å². The highest BCUT2D eigenvalue weighted by Crippen LogP contribution is 2.31. The monoisotopic (exact) mass is 259 g/mol. The molecule has 2 N–H and O–H groups in total. The van der Waals surface area contributed by atoms with Crippen LogP contribution in [0.2, 0.25) is 0 Å². The van der Waals surface area contributed by atoms with Gasteiger partial charge in [-0.1, -0.05) is 25.7 Å². The van der Waals surface area contributed by atoms with Crippen molar-refractivity contribution in [3.63, 3.8) is 0 Å². The summed E-state index contributed by atoms with van der Waals surface area (Å²) >= 11 is 0. The van der Waals surface area contributed by atoms with Crippen molar-refractivity contribution in [1.82, 2.24) is 9.97 Å². The molecule has 3 heteroatoms. The van der Waals surface area contributed by atoms with E-state index in [9.17, 15) is 0 Å². The summed E-state index contributed by atoms with van der Waals surface area (Å²) in [6.45, 7) is 0.795. The lowest BCUT2D eigenvalue weighted by Gasteiger charge is -2.23. The van der Waals surface area contributed by atoms with Crippen molar-refractivity contribution in [3.8, 4) is 0 Å². The van der Waals surface area contributed by atoms with Crippen LogP contribution in [0.5, 0.6) is 0 Å². The fourth-order valence-electron chi connectivity index (χ4n) is 3.53. The molecule has 0 bridgehead atoms. The first-order valence-electron chi connectivity index (χ1n) is 7.91. The summed E-state index contributed by atoms with van der Waals surface area (Å²) in [6.07, 6.45) is 13.5. The minimum Gasteiger partial charge on any atom is -0.330 e. The minimum absolute atomic E-state index is 0.611. The third kappa shape index (κ3) is 2.97. The molecule has 0 spiro atoms. The molecule has 1 atom stereocenters. The Balaban J connectivity index is 1.77. The van der Waals surface area contributed by atoms with Gasteiger partial charge in [0.1, 0.15) is 5.82 Å². The van der Waals surface area contributed by atoms with E-state index in [4.69, 9.17) is 10.7 Å². The Morgan fingerprint density at radius 1 is 1.11 bits per heavy atom. The van der Waals surface area contributed by atoms with Gasteiger partial charge in [-0.3, -0.25) is 0 Å². The van der Waals surface area contributed by atoms with E-state index in [2.05, 4.69) is 11.2 Å². The molecule has 2 aliphatic rings. The summed E-state index contributed by atoms with van der Waals surface area (Å²) in [5.41, 5.74) is 8.43. The SMILES string of the molecule is NCC1CCc2nc(C3CCCCCC3)ncc2C1. The lowest BCUT2D eigenvalue weighted by molar-refractivity contribution is 0.456. The van der Waals surface area contributed by atoms with Crippen LogP contribution in [0.25, 0.3) is 0 Å². The predicted molar refractivity (Wildman–Crippen MR) is 77.0 cm³/mol. The average Bonchev–Trinajstić information content (AvgIpc) is 2.75. The highest BCUT2D eigenvalue weighted by Gasteiger charge is 2.22. The molecule has 0 aromatic carbocycles. The zero-order valence-corrected chi connectivity index (χ0v) is 11.8. The van der Waals surface area contributed by atoms with Gasteiger partial charge in [-0.2, -0.15) is 0 Å². The molecule has 19 heavy (non-hydrogen) atoms. The van der Waals surface area contributed by atoms with Crippen molar-refractivity contribution in [2.75, 3.05) is 6.54 Å². The van der Waals surface area contributed by atoms with Crippen LogP contribution in [0.4, 0.5) is 0 Å². The molecule has 0 aliphatic heterocycles. The molecular weight excluding hydrogens is 234 g/mol. The van der Waals surface area contributed by atoms with Crippen molar-refractivity contribution >= 4 is 0 Å². The van der Waals surface area contributed by atoms with E-state index in [-0.39, 0.29) is 0 Å². The topological polar surface area (TPSA) is 51.8 Å². The van der Waals surface area contributed by atoms with Crippen LogP contribution < -0.4 is 5.73 Å². The summed E-state index contributed by atoms with van der Waals surface area (Å²) in [7, 11) is 0. The second-order valence-corrected chi connectivity index (χ2v) is 6.23. The molecule has 1 aromatic heterocycles. The Kier molecular flexibility index (Phi) is 4.12. The molecule has 3 rings (SSSR count). The summed E-state index contributed by atoms with van der Waals surface area (Å²) in [6, 6.07) is 0. The van der Waals surface area contributed by atoms with Gasteiger partial charge in [0.15, 0.2) is 0 Å². The van der Waals surface area contributed by atoms with Crippen molar-refractivity contribution in [3.05, 3.63) is 23.3 Å². The zero-order chi connectivity index (χ0) is 13.1. The minimum atomic E-state index is 0.611. The van der Waals surface area contributed by atoms with Gasteiger partial charge in [0, 0.05) is 17.8 Å². The Bertz CT molecular complexity index is 422. The average molecular weight is 259 g/mol. The van der Waals surface area contributed by atoms with Crippen molar-refractivity contribution in [2.24, 2.45) is 11.7 Å². The summed E-state index contributed by atoms with van der Waals surface area (Å²) < 4.78 is 0. The number of hydrogen-bond acceptors (Lipinski definition) is 3. The first kappa shape index (κ1) is 13.0. The van der Waals surface area contributed by atoms with E-state index in [0.717, 1.165) is 25.2 Å². The maximum Gasteiger partial charge on any atom is 0.131 e. The maximum absolute atomic E-state index is 5.78. The van der Waals surface area contributed by atoms with E-state index < -0.39 is 0 Å². The Labute approximate surface area is 116 Å². The number of aromatic nitrogens is 2. The summed E-state index contributed by atoms with van der Waals surface area (Å²) in [5, 5.41) is 0. The number of nitrogens with zero attached hydrogens (tertiary/aromatic N) is 2. The third-order valence-electron chi connectivity index (χ3n) is 4.82. The molecule has 0 radical (unpaired) electrons. The largest absolute Gasteiger partial charge is 0.330 e. The van der Waals surface area contributed by atoms with Crippen LogP contribution >= 0.6 is 0 Å². The molecule has 1 heterocycles. The van der Waals surface area contributed by atoms with Crippen LogP contribution in [-0.4, -0.2) is 16.5 Å². The molecule has 1 aromatic rings. The first-order valence-corrected chi connectivity index (χ1v) is 7.91. The molecule has 1 unspecified atom stereocenters. The molecule has 1 saturated carbocycles. The van der Waals surface area contributed by atoms with Crippen molar-refractivity contribution in [1.29, 1.82) is 0 Å². The van der Waals surface area contributed by atoms with Crippen molar-refractivity contribution < 1.29 is 0 Å². The fourth-order valence-corrected chi connectivity index (χ4v) is 3.53. The van der Waals surface area contributed by atoms with Crippen LogP contribution in [0.1, 0.15) is 67.9 Å². The highest BCUT2D eigenvalue weighted by molar-refractivity contribution is 5.22. The molecule has 2 aliphatic carbocycles.